The molecule has 2 aromatic heterocycles. The van der Waals surface area contributed by atoms with Crippen LogP contribution in [0.1, 0.15) is 47.9 Å². The molecule has 0 spiro atoms. The van der Waals surface area contributed by atoms with E-state index < -0.39 is 0 Å². The van der Waals surface area contributed by atoms with E-state index in [1.54, 1.807) is 11.6 Å². The van der Waals surface area contributed by atoms with Gasteiger partial charge in [-0.25, -0.2) is 0 Å². The molecule has 2 aromatic rings. The van der Waals surface area contributed by atoms with Crippen LogP contribution in [0.5, 0.6) is 0 Å². The third-order valence-corrected chi connectivity index (χ3v) is 4.32. The number of hydrogen-bond donors (Lipinski definition) is 1. The monoisotopic (exact) mass is 313 g/mol. The Kier molecular flexibility index (Phi) is 4.39. The fraction of sp³-hybridized carbons (Fsp3) is 0.500. The Morgan fingerprint density at radius 3 is 2.70 bits per heavy atom. The molecule has 0 saturated heterocycles. The minimum Gasteiger partial charge on any atom is -0.295 e. The fourth-order valence-corrected chi connectivity index (χ4v) is 2.64. The number of hydrogen-bond acceptors (Lipinski definition) is 5. The molecule has 0 aliphatic heterocycles. The van der Waals surface area contributed by atoms with Crippen LogP contribution < -0.4 is 5.32 Å². The SMILES string of the molecule is CCn1nc(C)c(Cl)c1C(=O)Nc1nnc(C(C)C)s1. The first-order chi connectivity index (χ1) is 9.43. The zero-order valence-electron chi connectivity index (χ0n) is 11.8. The molecule has 0 fully saturated rings. The van der Waals surface area contributed by atoms with E-state index in [0.29, 0.717) is 28.1 Å². The molecule has 20 heavy (non-hydrogen) atoms. The molecule has 0 aliphatic rings. The van der Waals surface area contributed by atoms with Crippen LogP contribution >= 0.6 is 22.9 Å². The van der Waals surface area contributed by atoms with Crippen LogP contribution in [-0.2, 0) is 6.54 Å². The van der Waals surface area contributed by atoms with Crippen molar-refractivity contribution >= 4 is 34.0 Å². The van der Waals surface area contributed by atoms with Crippen LogP contribution in [0.2, 0.25) is 5.02 Å². The number of nitrogens with one attached hydrogen (secondary N) is 1. The number of nitrogens with zero attached hydrogens (tertiary/aromatic N) is 4. The molecule has 0 aliphatic carbocycles. The molecular formula is C12H16ClN5OS. The first kappa shape index (κ1) is 14.9. The number of rotatable bonds is 4. The maximum atomic E-state index is 12.3. The Morgan fingerprint density at radius 2 is 2.15 bits per heavy atom. The Morgan fingerprint density at radius 1 is 1.45 bits per heavy atom. The first-order valence-electron chi connectivity index (χ1n) is 6.31. The highest BCUT2D eigenvalue weighted by Gasteiger charge is 2.21. The summed E-state index contributed by atoms with van der Waals surface area (Å²) >= 11 is 7.50. The van der Waals surface area contributed by atoms with Crippen molar-refractivity contribution in [3.8, 4) is 0 Å². The summed E-state index contributed by atoms with van der Waals surface area (Å²) in [6.07, 6.45) is 0. The average molecular weight is 314 g/mol. The third kappa shape index (κ3) is 2.83. The quantitative estimate of drug-likeness (QED) is 0.941. The van der Waals surface area contributed by atoms with E-state index in [4.69, 9.17) is 11.6 Å². The van der Waals surface area contributed by atoms with Crippen molar-refractivity contribution in [2.24, 2.45) is 0 Å². The number of aryl methyl sites for hydroxylation is 2. The molecule has 0 saturated carbocycles. The normalized spacial score (nSPS) is 11.1. The van der Waals surface area contributed by atoms with Crippen molar-refractivity contribution < 1.29 is 4.79 Å². The predicted molar refractivity (Wildman–Crippen MR) is 79.6 cm³/mol. The van der Waals surface area contributed by atoms with Crippen LogP contribution in [0.15, 0.2) is 0 Å². The lowest BCUT2D eigenvalue weighted by Crippen LogP contribution is -2.17. The molecule has 0 radical (unpaired) electrons. The lowest BCUT2D eigenvalue weighted by atomic mass is 10.2. The Balaban J connectivity index is 2.23. The molecule has 6 nitrogen and oxygen atoms in total. The average Bonchev–Trinajstić information content (AvgIpc) is 2.95. The topological polar surface area (TPSA) is 72.7 Å². The first-order valence-corrected chi connectivity index (χ1v) is 7.51. The van der Waals surface area contributed by atoms with Gasteiger partial charge >= 0.3 is 0 Å². The van der Waals surface area contributed by atoms with Gasteiger partial charge in [-0.15, -0.1) is 10.2 Å². The molecule has 2 heterocycles. The lowest BCUT2D eigenvalue weighted by molar-refractivity contribution is 0.101. The summed E-state index contributed by atoms with van der Waals surface area (Å²) < 4.78 is 1.58. The molecule has 108 valence electrons. The molecule has 0 aromatic carbocycles. The van der Waals surface area contributed by atoms with Gasteiger partial charge in [0.15, 0.2) is 0 Å². The predicted octanol–water partition coefficient (Wildman–Crippen LogP) is 3.09. The highest BCUT2D eigenvalue weighted by atomic mass is 35.5. The highest BCUT2D eigenvalue weighted by molar-refractivity contribution is 7.15. The summed E-state index contributed by atoms with van der Waals surface area (Å²) in [5, 5.41) is 16.7. The van der Waals surface area contributed by atoms with Crippen molar-refractivity contribution in [3.63, 3.8) is 0 Å². The van der Waals surface area contributed by atoms with Crippen LogP contribution in [0, 0.1) is 6.92 Å². The summed E-state index contributed by atoms with van der Waals surface area (Å²) in [6, 6.07) is 0. The molecule has 0 atom stereocenters. The number of anilines is 1. The largest absolute Gasteiger partial charge is 0.295 e. The number of carbonyl (C=O) groups excluding carboxylic acids is 1. The summed E-state index contributed by atoms with van der Waals surface area (Å²) in [5.41, 5.74) is 0.992. The van der Waals surface area contributed by atoms with Crippen molar-refractivity contribution in [2.45, 2.75) is 40.2 Å². The molecule has 0 bridgehead atoms. The highest BCUT2D eigenvalue weighted by Crippen LogP contribution is 2.25. The Bertz CT molecular complexity index is 634. The minimum absolute atomic E-state index is 0.283. The lowest BCUT2D eigenvalue weighted by Gasteiger charge is -2.04. The molecular weight excluding hydrogens is 298 g/mol. The van der Waals surface area contributed by atoms with Gasteiger partial charge in [0.05, 0.1) is 10.7 Å². The fourth-order valence-electron chi connectivity index (χ4n) is 1.68. The Hall–Kier alpha value is -1.47. The van der Waals surface area contributed by atoms with Crippen LogP contribution in [0.3, 0.4) is 0 Å². The second kappa shape index (κ2) is 5.88. The zero-order valence-corrected chi connectivity index (χ0v) is 13.3. The maximum absolute atomic E-state index is 12.3. The van der Waals surface area contributed by atoms with Crippen LogP contribution in [0.25, 0.3) is 0 Å². The summed E-state index contributed by atoms with van der Waals surface area (Å²) in [4.78, 5) is 12.3. The summed E-state index contributed by atoms with van der Waals surface area (Å²) in [6.45, 7) is 8.30. The van der Waals surface area contributed by atoms with Crippen molar-refractivity contribution in [1.82, 2.24) is 20.0 Å². The van der Waals surface area contributed by atoms with Gasteiger partial charge in [-0.05, 0) is 13.8 Å². The minimum atomic E-state index is -0.316. The molecule has 2 rings (SSSR count). The molecule has 1 amide bonds. The number of carbonyl (C=O) groups is 1. The van der Waals surface area contributed by atoms with E-state index in [2.05, 4.69) is 20.6 Å². The molecule has 8 heteroatoms. The smallest absolute Gasteiger partial charge is 0.277 e. The molecule has 0 unspecified atom stereocenters. The van der Waals surface area contributed by atoms with E-state index >= 15 is 0 Å². The van der Waals surface area contributed by atoms with E-state index in [0.717, 1.165) is 5.01 Å². The van der Waals surface area contributed by atoms with Crippen LogP contribution in [0.4, 0.5) is 5.13 Å². The van der Waals surface area contributed by atoms with E-state index in [9.17, 15) is 4.79 Å². The van der Waals surface area contributed by atoms with E-state index in [1.165, 1.54) is 11.3 Å². The van der Waals surface area contributed by atoms with Gasteiger partial charge in [-0.1, -0.05) is 36.8 Å². The van der Waals surface area contributed by atoms with Crippen molar-refractivity contribution in [3.05, 3.63) is 21.4 Å². The van der Waals surface area contributed by atoms with Gasteiger partial charge in [0.1, 0.15) is 10.7 Å². The van der Waals surface area contributed by atoms with Gasteiger partial charge in [-0.2, -0.15) is 5.10 Å². The second-order valence-electron chi connectivity index (χ2n) is 4.62. The number of aromatic nitrogens is 4. The maximum Gasteiger partial charge on any atom is 0.277 e. The Labute approximate surface area is 126 Å². The van der Waals surface area contributed by atoms with Gasteiger partial charge in [-0.3, -0.25) is 14.8 Å². The summed E-state index contributed by atoms with van der Waals surface area (Å²) in [7, 11) is 0. The van der Waals surface area contributed by atoms with E-state index in [1.807, 2.05) is 20.8 Å². The van der Waals surface area contributed by atoms with Gasteiger partial charge < -0.3 is 0 Å². The second-order valence-corrected chi connectivity index (χ2v) is 6.01. The van der Waals surface area contributed by atoms with Gasteiger partial charge in [0.2, 0.25) is 5.13 Å². The molecule has 1 N–H and O–H groups in total. The standard InChI is InChI=1S/C12H16ClN5OS/c1-5-18-9(8(13)7(4)17-18)10(19)14-12-16-15-11(20-12)6(2)3/h6H,5H2,1-4H3,(H,14,16,19). The van der Waals surface area contributed by atoms with Gasteiger partial charge in [0, 0.05) is 12.5 Å². The third-order valence-electron chi connectivity index (χ3n) is 2.72. The van der Waals surface area contributed by atoms with Crippen molar-refractivity contribution in [2.75, 3.05) is 5.32 Å². The number of amides is 1. The number of halogens is 1. The van der Waals surface area contributed by atoms with Gasteiger partial charge in [0.25, 0.3) is 5.91 Å². The van der Waals surface area contributed by atoms with Crippen LogP contribution in [-0.4, -0.2) is 25.9 Å². The van der Waals surface area contributed by atoms with Crippen molar-refractivity contribution in [1.29, 1.82) is 0 Å². The zero-order chi connectivity index (χ0) is 14.9. The summed E-state index contributed by atoms with van der Waals surface area (Å²) in [5.74, 6) is -0.0333. The van der Waals surface area contributed by atoms with E-state index in [-0.39, 0.29) is 11.8 Å².